The molecule has 30 heavy (non-hydrogen) atoms. The SMILES string of the molecule is COc1ccc(COc2ccc(OCCCCCCCN3CCCCC3)cc2)cc1. The Morgan fingerprint density at radius 2 is 1.27 bits per heavy atom. The molecule has 0 atom stereocenters. The van der Waals surface area contributed by atoms with Gasteiger partial charge in [0.15, 0.2) is 0 Å². The molecular formula is C26H37NO3. The third-order valence-electron chi connectivity index (χ3n) is 5.72. The summed E-state index contributed by atoms with van der Waals surface area (Å²) in [5.41, 5.74) is 1.12. The van der Waals surface area contributed by atoms with E-state index < -0.39 is 0 Å². The molecule has 1 heterocycles. The van der Waals surface area contributed by atoms with Crippen LogP contribution >= 0.6 is 0 Å². The Hall–Kier alpha value is -2.20. The number of piperidine rings is 1. The van der Waals surface area contributed by atoms with E-state index in [4.69, 9.17) is 14.2 Å². The van der Waals surface area contributed by atoms with Crippen LogP contribution in [0.2, 0.25) is 0 Å². The Kier molecular flexibility index (Phi) is 9.87. The minimum Gasteiger partial charge on any atom is -0.497 e. The quantitative estimate of drug-likeness (QED) is 0.373. The van der Waals surface area contributed by atoms with Gasteiger partial charge in [0.1, 0.15) is 23.9 Å². The Balaban J connectivity index is 1.22. The van der Waals surface area contributed by atoms with E-state index in [1.807, 2.05) is 48.5 Å². The molecule has 3 rings (SSSR count). The Morgan fingerprint density at radius 3 is 1.97 bits per heavy atom. The summed E-state index contributed by atoms with van der Waals surface area (Å²) in [6, 6.07) is 15.9. The molecule has 2 aromatic rings. The first-order chi connectivity index (χ1) is 14.8. The van der Waals surface area contributed by atoms with Crippen molar-refractivity contribution in [1.29, 1.82) is 0 Å². The zero-order valence-corrected chi connectivity index (χ0v) is 18.5. The maximum atomic E-state index is 5.87. The number of hydrogen-bond acceptors (Lipinski definition) is 4. The van der Waals surface area contributed by atoms with Crippen LogP contribution in [0.3, 0.4) is 0 Å². The van der Waals surface area contributed by atoms with Gasteiger partial charge < -0.3 is 19.1 Å². The molecule has 0 unspecified atom stereocenters. The Labute approximate surface area is 182 Å². The maximum absolute atomic E-state index is 5.87. The molecule has 1 aliphatic heterocycles. The lowest BCUT2D eigenvalue weighted by Crippen LogP contribution is -2.30. The van der Waals surface area contributed by atoms with Crippen molar-refractivity contribution < 1.29 is 14.2 Å². The fourth-order valence-corrected chi connectivity index (χ4v) is 3.86. The minimum absolute atomic E-state index is 0.544. The van der Waals surface area contributed by atoms with E-state index in [0.717, 1.165) is 35.8 Å². The van der Waals surface area contributed by atoms with Crippen LogP contribution in [0.1, 0.15) is 56.9 Å². The van der Waals surface area contributed by atoms with Gasteiger partial charge in [-0.1, -0.05) is 37.8 Å². The monoisotopic (exact) mass is 411 g/mol. The summed E-state index contributed by atoms with van der Waals surface area (Å²) in [5.74, 6) is 2.63. The third-order valence-corrected chi connectivity index (χ3v) is 5.72. The van der Waals surface area contributed by atoms with E-state index >= 15 is 0 Å². The largest absolute Gasteiger partial charge is 0.497 e. The molecule has 1 saturated heterocycles. The predicted octanol–water partition coefficient (Wildman–Crippen LogP) is 6.09. The van der Waals surface area contributed by atoms with Crippen LogP contribution in [-0.2, 0) is 6.61 Å². The summed E-state index contributed by atoms with van der Waals surface area (Å²) in [6.45, 7) is 5.27. The second-order valence-corrected chi connectivity index (χ2v) is 8.13. The van der Waals surface area contributed by atoms with Crippen molar-refractivity contribution >= 4 is 0 Å². The van der Waals surface area contributed by atoms with Crippen LogP contribution in [0.5, 0.6) is 17.2 Å². The second-order valence-electron chi connectivity index (χ2n) is 8.13. The highest BCUT2D eigenvalue weighted by molar-refractivity contribution is 5.32. The fraction of sp³-hybridized carbons (Fsp3) is 0.538. The number of unbranched alkanes of at least 4 members (excludes halogenated alkanes) is 4. The van der Waals surface area contributed by atoms with Gasteiger partial charge in [-0.2, -0.15) is 0 Å². The molecule has 2 aromatic carbocycles. The van der Waals surface area contributed by atoms with Crippen molar-refractivity contribution in [2.24, 2.45) is 0 Å². The molecule has 1 fully saturated rings. The molecule has 0 saturated carbocycles. The number of rotatable bonds is 13. The van der Waals surface area contributed by atoms with Gasteiger partial charge in [0.05, 0.1) is 13.7 Å². The molecule has 0 N–H and O–H groups in total. The zero-order valence-electron chi connectivity index (χ0n) is 18.5. The number of hydrogen-bond donors (Lipinski definition) is 0. The van der Waals surface area contributed by atoms with Crippen molar-refractivity contribution in [3.05, 3.63) is 54.1 Å². The maximum Gasteiger partial charge on any atom is 0.120 e. The van der Waals surface area contributed by atoms with E-state index in [1.54, 1.807) is 7.11 Å². The van der Waals surface area contributed by atoms with Crippen molar-refractivity contribution in [1.82, 2.24) is 4.90 Å². The molecule has 4 heteroatoms. The molecule has 1 aliphatic rings. The van der Waals surface area contributed by atoms with E-state index in [0.29, 0.717) is 6.61 Å². The normalized spacial score (nSPS) is 14.4. The standard InChI is InChI=1S/C26H37NO3/c1-28-24-12-10-23(11-13-24)22-30-26-16-14-25(15-17-26)29-21-9-4-2-3-6-18-27-19-7-5-8-20-27/h10-17H,2-9,18-22H2,1H3. The van der Waals surface area contributed by atoms with E-state index in [-0.39, 0.29) is 0 Å². The van der Waals surface area contributed by atoms with Crippen molar-refractivity contribution in [3.8, 4) is 17.2 Å². The van der Waals surface area contributed by atoms with Gasteiger partial charge >= 0.3 is 0 Å². The summed E-state index contributed by atoms with van der Waals surface area (Å²) in [4.78, 5) is 2.64. The lowest BCUT2D eigenvalue weighted by molar-refractivity contribution is 0.223. The molecular weight excluding hydrogens is 374 g/mol. The first-order valence-corrected chi connectivity index (χ1v) is 11.5. The van der Waals surface area contributed by atoms with Gasteiger partial charge in [0, 0.05) is 0 Å². The average molecular weight is 412 g/mol. The summed E-state index contributed by atoms with van der Waals surface area (Å²) >= 11 is 0. The number of ether oxygens (including phenoxy) is 3. The predicted molar refractivity (Wildman–Crippen MR) is 123 cm³/mol. The number of nitrogens with zero attached hydrogens (tertiary/aromatic N) is 1. The van der Waals surface area contributed by atoms with Crippen molar-refractivity contribution in [2.75, 3.05) is 33.4 Å². The summed E-state index contributed by atoms with van der Waals surface area (Å²) in [6.07, 6.45) is 10.6. The van der Waals surface area contributed by atoms with Crippen LogP contribution in [0.15, 0.2) is 48.5 Å². The Bertz CT molecular complexity index is 693. The van der Waals surface area contributed by atoms with E-state index in [1.165, 1.54) is 64.6 Å². The smallest absolute Gasteiger partial charge is 0.120 e. The molecule has 164 valence electrons. The van der Waals surface area contributed by atoms with Gasteiger partial charge in [0.2, 0.25) is 0 Å². The zero-order chi connectivity index (χ0) is 20.9. The molecule has 0 radical (unpaired) electrons. The molecule has 0 amide bonds. The third kappa shape index (κ3) is 8.27. The number of benzene rings is 2. The van der Waals surface area contributed by atoms with Gasteiger partial charge in [0.25, 0.3) is 0 Å². The number of likely N-dealkylation sites (tertiary alicyclic amines) is 1. The lowest BCUT2D eigenvalue weighted by Gasteiger charge is -2.26. The van der Waals surface area contributed by atoms with Gasteiger partial charge in [-0.25, -0.2) is 0 Å². The average Bonchev–Trinajstić information content (AvgIpc) is 2.81. The van der Waals surface area contributed by atoms with Crippen LogP contribution in [0.25, 0.3) is 0 Å². The van der Waals surface area contributed by atoms with Crippen LogP contribution in [0.4, 0.5) is 0 Å². The highest BCUT2D eigenvalue weighted by atomic mass is 16.5. The number of methoxy groups -OCH3 is 1. The molecule has 0 bridgehead atoms. The van der Waals surface area contributed by atoms with Crippen LogP contribution in [0, 0.1) is 0 Å². The van der Waals surface area contributed by atoms with Gasteiger partial charge in [-0.3, -0.25) is 0 Å². The van der Waals surface area contributed by atoms with Crippen molar-refractivity contribution in [3.63, 3.8) is 0 Å². The summed E-state index contributed by atoms with van der Waals surface area (Å²) in [7, 11) is 1.67. The molecule has 0 aromatic heterocycles. The summed E-state index contributed by atoms with van der Waals surface area (Å²) < 4.78 is 16.9. The first kappa shape index (κ1) is 22.5. The topological polar surface area (TPSA) is 30.9 Å². The van der Waals surface area contributed by atoms with Crippen molar-refractivity contribution in [2.45, 2.75) is 58.0 Å². The molecule has 4 nitrogen and oxygen atoms in total. The highest BCUT2D eigenvalue weighted by Crippen LogP contribution is 2.20. The molecule has 0 aliphatic carbocycles. The minimum atomic E-state index is 0.544. The summed E-state index contributed by atoms with van der Waals surface area (Å²) in [5, 5.41) is 0. The van der Waals surface area contributed by atoms with Gasteiger partial charge in [-0.15, -0.1) is 0 Å². The van der Waals surface area contributed by atoms with Crippen LogP contribution < -0.4 is 14.2 Å². The molecule has 0 spiro atoms. The fourth-order valence-electron chi connectivity index (χ4n) is 3.86. The first-order valence-electron chi connectivity index (χ1n) is 11.5. The van der Waals surface area contributed by atoms with Gasteiger partial charge in [-0.05, 0) is 87.3 Å². The van der Waals surface area contributed by atoms with Crippen LogP contribution in [-0.4, -0.2) is 38.3 Å². The second kappa shape index (κ2) is 13.2. The Morgan fingerprint density at radius 1 is 0.667 bits per heavy atom. The van der Waals surface area contributed by atoms with E-state index in [2.05, 4.69) is 4.90 Å². The van der Waals surface area contributed by atoms with E-state index in [9.17, 15) is 0 Å². The lowest BCUT2D eigenvalue weighted by atomic mass is 10.1. The highest BCUT2D eigenvalue weighted by Gasteiger charge is 2.08.